The monoisotopic (exact) mass is 324 g/mol. The van der Waals surface area contributed by atoms with E-state index in [9.17, 15) is 4.79 Å². The van der Waals surface area contributed by atoms with Gasteiger partial charge in [0.05, 0.1) is 18.2 Å². The molecule has 0 N–H and O–H groups in total. The van der Waals surface area contributed by atoms with E-state index in [0.29, 0.717) is 5.92 Å². The van der Waals surface area contributed by atoms with E-state index in [2.05, 4.69) is 12.0 Å². The molecule has 1 aliphatic heterocycles. The minimum absolute atomic E-state index is 0.0664. The van der Waals surface area contributed by atoms with Gasteiger partial charge in [-0.15, -0.1) is 0 Å². The molecule has 0 aromatic carbocycles. The van der Waals surface area contributed by atoms with Gasteiger partial charge in [-0.05, 0) is 54.7 Å². The van der Waals surface area contributed by atoms with Gasteiger partial charge < -0.3 is 8.83 Å². The average Bonchev–Trinajstić information content (AvgIpc) is 3.26. The van der Waals surface area contributed by atoms with Crippen LogP contribution < -0.4 is 0 Å². The van der Waals surface area contributed by atoms with Crippen molar-refractivity contribution in [3.63, 3.8) is 0 Å². The van der Waals surface area contributed by atoms with Crippen LogP contribution in [0.15, 0.2) is 56.3 Å². The number of furan rings is 2. The standard InChI is InChI=1S/C19H20N2O3/c1-12-9-14(11-15-5-3-7-23-15)18-16(10-12)19(17-6-4-8-24-17)21(20-18)13(2)22/h3-8,11-12,16,19H,9-10H2,1-2H3/b14-11-/t12-,16-,19+/m0/s1. The summed E-state index contributed by atoms with van der Waals surface area (Å²) in [7, 11) is 0. The highest BCUT2D eigenvalue weighted by Crippen LogP contribution is 2.46. The van der Waals surface area contributed by atoms with E-state index in [-0.39, 0.29) is 17.9 Å². The zero-order chi connectivity index (χ0) is 16.7. The van der Waals surface area contributed by atoms with E-state index < -0.39 is 0 Å². The Morgan fingerprint density at radius 1 is 1.29 bits per heavy atom. The minimum atomic E-state index is -0.157. The molecule has 5 heteroatoms. The second-order valence-electron chi connectivity index (χ2n) is 6.65. The maximum absolute atomic E-state index is 12.1. The van der Waals surface area contributed by atoms with Gasteiger partial charge >= 0.3 is 0 Å². The van der Waals surface area contributed by atoms with Gasteiger partial charge in [0, 0.05) is 12.8 Å². The number of fused-ring (bicyclic) bond motifs is 1. The van der Waals surface area contributed by atoms with Crippen LogP contribution in [0.5, 0.6) is 0 Å². The number of hydrogen-bond acceptors (Lipinski definition) is 4. The summed E-state index contributed by atoms with van der Waals surface area (Å²) in [5, 5.41) is 6.25. The molecule has 0 spiro atoms. The molecule has 2 aromatic rings. The first-order chi connectivity index (χ1) is 11.6. The summed E-state index contributed by atoms with van der Waals surface area (Å²) in [6, 6.07) is 7.44. The zero-order valence-corrected chi connectivity index (χ0v) is 13.8. The lowest BCUT2D eigenvalue weighted by molar-refractivity contribution is -0.131. The summed E-state index contributed by atoms with van der Waals surface area (Å²) in [5.41, 5.74) is 2.13. The predicted octanol–water partition coefficient (Wildman–Crippen LogP) is 4.26. The molecule has 0 radical (unpaired) electrons. The van der Waals surface area contributed by atoms with E-state index in [1.54, 1.807) is 24.5 Å². The summed E-state index contributed by atoms with van der Waals surface area (Å²) >= 11 is 0. The molecule has 2 aliphatic rings. The molecular weight excluding hydrogens is 304 g/mol. The van der Waals surface area contributed by atoms with Crippen molar-refractivity contribution in [1.82, 2.24) is 5.01 Å². The summed E-state index contributed by atoms with van der Waals surface area (Å²) in [4.78, 5) is 12.1. The van der Waals surface area contributed by atoms with Crippen molar-refractivity contribution in [3.05, 3.63) is 53.9 Å². The van der Waals surface area contributed by atoms with Gasteiger partial charge in [0.2, 0.25) is 5.91 Å². The highest BCUT2D eigenvalue weighted by atomic mass is 16.3. The normalized spacial score (nSPS) is 28.1. The molecule has 2 aromatic heterocycles. The Labute approximate surface area is 140 Å². The van der Waals surface area contributed by atoms with Gasteiger partial charge in [-0.25, -0.2) is 5.01 Å². The molecule has 3 atom stereocenters. The maximum Gasteiger partial charge on any atom is 0.240 e. The van der Waals surface area contributed by atoms with Crippen LogP contribution in [-0.2, 0) is 4.79 Å². The quantitative estimate of drug-likeness (QED) is 0.829. The molecule has 3 heterocycles. The van der Waals surface area contributed by atoms with Crippen LogP contribution in [0.25, 0.3) is 6.08 Å². The van der Waals surface area contributed by atoms with Crippen LogP contribution in [0, 0.1) is 11.8 Å². The number of rotatable bonds is 2. The molecule has 0 unspecified atom stereocenters. The topological polar surface area (TPSA) is 59.0 Å². The van der Waals surface area contributed by atoms with Crippen molar-refractivity contribution in [2.45, 2.75) is 32.7 Å². The number of nitrogens with zero attached hydrogens (tertiary/aromatic N) is 2. The molecule has 24 heavy (non-hydrogen) atoms. The number of hydrazone groups is 1. The number of allylic oxidation sites excluding steroid dienone is 1. The smallest absolute Gasteiger partial charge is 0.240 e. The molecule has 5 nitrogen and oxygen atoms in total. The highest BCUT2D eigenvalue weighted by Gasteiger charge is 2.45. The largest absolute Gasteiger partial charge is 0.467 e. The lowest BCUT2D eigenvalue weighted by atomic mass is 9.74. The molecule has 1 amide bonds. The van der Waals surface area contributed by atoms with Crippen LogP contribution in [0.2, 0.25) is 0 Å². The first-order valence-electron chi connectivity index (χ1n) is 8.29. The SMILES string of the molecule is CC(=O)N1N=C2/C(=C\c3ccco3)C[C@H](C)C[C@@H]2[C@@H]1c1ccco1. The van der Waals surface area contributed by atoms with Gasteiger partial charge in [0.25, 0.3) is 0 Å². The van der Waals surface area contributed by atoms with Crippen molar-refractivity contribution in [3.8, 4) is 0 Å². The number of amides is 1. The number of carbonyl (C=O) groups excluding carboxylic acids is 1. The van der Waals surface area contributed by atoms with Crippen molar-refractivity contribution < 1.29 is 13.6 Å². The Balaban J connectivity index is 1.77. The van der Waals surface area contributed by atoms with Crippen LogP contribution in [-0.4, -0.2) is 16.6 Å². The zero-order valence-electron chi connectivity index (χ0n) is 13.8. The molecule has 4 rings (SSSR count). The van der Waals surface area contributed by atoms with Gasteiger partial charge in [-0.2, -0.15) is 5.10 Å². The molecular formula is C19H20N2O3. The fraction of sp³-hybridized carbons (Fsp3) is 0.368. The third kappa shape index (κ3) is 2.50. The fourth-order valence-electron chi connectivity index (χ4n) is 3.83. The van der Waals surface area contributed by atoms with Crippen molar-refractivity contribution in [1.29, 1.82) is 0 Å². The first-order valence-corrected chi connectivity index (χ1v) is 8.29. The first kappa shape index (κ1) is 15.0. The summed E-state index contributed by atoms with van der Waals surface area (Å²) < 4.78 is 11.1. The molecule has 1 saturated carbocycles. The summed E-state index contributed by atoms with van der Waals surface area (Å²) in [6.45, 7) is 3.79. The van der Waals surface area contributed by atoms with Crippen LogP contribution in [0.4, 0.5) is 0 Å². The van der Waals surface area contributed by atoms with Crippen molar-refractivity contribution in [2.75, 3.05) is 0 Å². The lowest BCUT2D eigenvalue weighted by Gasteiger charge is -2.30. The second-order valence-corrected chi connectivity index (χ2v) is 6.65. The number of hydrogen-bond donors (Lipinski definition) is 0. The number of carbonyl (C=O) groups is 1. The maximum atomic E-state index is 12.1. The van der Waals surface area contributed by atoms with Gasteiger partial charge in [-0.3, -0.25) is 4.79 Å². The summed E-state index contributed by atoms with van der Waals surface area (Å²) in [5.74, 6) is 2.21. The van der Waals surface area contributed by atoms with E-state index >= 15 is 0 Å². The highest BCUT2D eigenvalue weighted by molar-refractivity contribution is 6.07. The molecule has 1 aliphatic carbocycles. The van der Waals surface area contributed by atoms with Crippen LogP contribution in [0.1, 0.15) is 44.3 Å². The van der Waals surface area contributed by atoms with E-state index in [1.165, 1.54) is 0 Å². The van der Waals surface area contributed by atoms with Crippen molar-refractivity contribution in [2.24, 2.45) is 16.9 Å². The molecule has 124 valence electrons. The average molecular weight is 324 g/mol. The van der Waals surface area contributed by atoms with E-state index in [4.69, 9.17) is 8.83 Å². The Morgan fingerprint density at radius 2 is 2.08 bits per heavy atom. The fourth-order valence-corrected chi connectivity index (χ4v) is 3.83. The molecule has 0 bridgehead atoms. The predicted molar refractivity (Wildman–Crippen MR) is 90.0 cm³/mol. The Morgan fingerprint density at radius 3 is 2.75 bits per heavy atom. The third-order valence-corrected chi connectivity index (χ3v) is 4.78. The Hall–Kier alpha value is -2.56. The molecule has 0 saturated heterocycles. The van der Waals surface area contributed by atoms with Gasteiger partial charge in [0.1, 0.15) is 17.6 Å². The van der Waals surface area contributed by atoms with E-state index in [0.717, 1.165) is 35.6 Å². The van der Waals surface area contributed by atoms with Crippen LogP contribution >= 0.6 is 0 Å². The Kier molecular flexibility index (Phi) is 3.63. The summed E-state index contributed by atoms with van der Waals surface area (Å²) in [6.07, 6.45) is 7.29. The van der Waals surface area contributed by atoms with E-state index in [1.807, 2.05) is 30.3 Å². The van der Waals surface area contributed by atoms with Gasteiger partial charge in [-0.1, -0.05) is 6.92 Å². The second kappa shape index (κ2) is 5.82. The molecule has 1 fully saturated rings. The van der Waals surface area contributed by atoms with Crippen molar-refractivity contribution >= 4 is 17.7 Å². The Bertz CT molecular complexity index is 787. The minimum Gasteiger partial charge on any atom is -0.467 e. The van der Waals surface area contributed by atoms with Crippen LogP contribution in [0.3, 0.4) is 0 Å². The third-order valence-electron chi connectivity index (χ3n) is 4.78. The van der Waals surface area contributed by atoms with Gasteiger partial charge in [0.15, 0.2) is 0 Å². The lowest BCUT2D eigenvalue weighted by Crippen LogP contribution is -2.32.